The van der Waals surface area contributed by atoms with Crippen LogP contribution in [0.2, 0.25) is 0 Å². The average molecular weight is 311 g/mol. The van der Waals surface area contributed by atoms with Crippen molar-refractivity contribution >= 4 is 28.5 Å². The Labute approximate surface area is 131 Å². The molecular formula is C15H13N5OS. The van der Waals surface area contributed by atoms with Gasteiger partial charge in [-0.05, 0) is 25.1 Å². The van der Waals surface area contributed by atoms with Crippen LogP contribution in [0.1, 0.15) is 10.6 Å². The molecule has 1 amide bonds. The molecule has 22 heavy (non-hydrogen) atoms. The maximum atomic E-state index is 11.8. The van der Waals surface area contributed by atoms with Crippen LogP contribution in [-0.2, 0) is 4.79 Å². The Balaban J connectivity index is 1.66. The van der Waals surface area contributed by atoms with E-state index in [1.54, 1.807) is 17.0 Å². The Kier molecular flexibility index (Phi) is 4.06. The summed E-state index contributed by atoms with van der Waals surface area (Å²) in [5.41, 5.74) is 1.81. The van der Waals surface area contributed by atoms with Gasteiger partial charge in [-0.2, -0.15) is 5.10 Å². The molecule has 0 saturated carbocycles. The zero-order valence-corrected chi connectivity index (χ0v) is 12.6. The topological polar surface area (TPSA) is 72.7 Å². The van der Waals surface area contributed by atoms with E-state index in [-0.39, 0.29) is 5.91 Å². The molecule has 2 heterocycles. The van der Waals surface area contributed by atoms with Crippen LogP contribution in [-0.4, -0.2) is 25.9 Å². The third kappa shape index (κ3) is 3.44. The highest BCUT2D eigenvalue weighted by Crippen LogP contribution is 2.13. The molecule has 1 N–H and O–H groups in total. The molecule has 3 aromatic rings. The highest BCUT2D eigenvalue weighted by Gasteiger charge is 2.03. The number of nitrogens with one attached hydrogen (secondary N) is 1. The van der Waals surface area contributed by atoms with Gasteiger partial charge in [-0.3, -0.25) is 10.1 Å². The second-order valence-corrected chi connectivity index (χ2v) is 5.68. The Morgan fingerprint density at radius 1 is 1.27 bits per heavy atom. The first-order valence-electron chi connectivity index (χ1n) is 6.60. The van der Waals surface area contributed by atoms with Gasteiger partial charge in [-0.1, -0.05) is 29.5 Å². The second kappa shape index (κ2) is 6.31. The first-order chi connectivity index (χ1) is 10.7. The molecule has 0 aliphatic carbocycles. The second-order valence-electron chi connectivity index (χ2n) is 4.50. The lowest BCUT2D eigenvalue weighted by Crippen LogP contribution is -2.07. The standard InChI is InChI=1S/C15H13N5OS/c1-11-18-19-15(22-11)17-14(21)8-7-12-9-16-20(10-12)13-5-3-2-4-6-13/h2-10H,1H3,(H,17,19,21)/b8-7+. The van der Waals surface area contributed by atoms with Crippen LogP contribution in [0.4, 0.5) is 5.13 Å². The third-order valence-corrected chi connectivity index (χ3v) is 3.56. The van der Waals surface area contributed by atoms with Crippen molar-refractivity contribution in [3.63, 3.8) is 0 Å². The Bertz CT molecular complexity index is 806. The summed E-state index contributed by atoms with van der Waals surface area (Å²) in [6.07, 6.45) is 6.71. The van der Waals surface area contributed by atoms with Crippen LogP contribution < -0.4 is 5.32 Å². The fraction of sp³-hybridized carbons (Fsp3) is 0.0667. The van der Waals surface area contributed by atoms with Crippen molar-refractivity contribution in [3.05, 3.63) is 59.4 Å². The predicted molar refractivity (Wildman–Crippen MR) is 85.9 cm³/mol. The van der Waals surface area contributed by atoms with Crippen LogP contribution in [0, 0.1) is 6.92 Å². The van der Waals surface area contributed by atoms with E-state index < -0.39 is 0 Å². The SMILES string of the molecule is Cc1nnc(NC(=O)/C=C/c2cnn(-c3ccccc3)c2)s1. The maximum absolute atomic E-state index is 11.8. The molecule has 1 aromatic carbocycles. The number of amides is 1. The lowest BCUT2D eigenvalue weighted by molar-refractivity contribution is -0.111. The highest BCUT2D eigenvalue weighted by molar-refractivity contribution is 7.15. The number of nitrogens with zero attached hydrogens (tertiary/aromatic N) is 4. The minimum atomic E-state index is -0.247. The molecule has 0 aliphatic rings. The number of hydrogen-bond acceptors (Lipinski definition) is 5. The summed E-state index contributed by atoms with van der Waals surface area (Å²) >= 11 is 1.33. The number of carbonyl (C=O) groups excluding carboxylic acids is 1. The van der Waals surface area contributed by atoms with Crippen LogP contribution in [0.25, 0.3) is 11.8 Å². The van der Waals surface area contributed by atoms with Gasteiger partial charge in [-0.25, -0.2) is 4.68 Å². The van der Waals surface area contributed by atoms with Gasteiger partial charge in [0.1, 0.15) is 5.01 Å². The lowest BCUT2D eigenvalue weighted by Gasteiger charge is -1.98. The number of anilines is 1. The summed E-state index contributed by atoms with van der Waals surface area (Å²) in [4.78, 5) is 11.8. The maximum Gasteiger partial charge on any atom is 0.250 e. The van der Waals surface area contributed by atoms with Crippen LogP contribution >= 0.6 is 11.3 Å². The van der Waals surface area contributed by atoms with E-state index in [4.69, 9.17) is 0 Å². The number of benzene rings is 1. The van der Waals surface area contributed by atoms with E-state index in [9.17, 15) is 4.79 Å². The summed E-state index contributed by atoms with van der Waals surface area (Å²) in [7, 11) is 0. The number of carbonyl (C=O) groups is 1. The fourth-order valence-electron chi connectivity index (χ4n) is 1.81. The zero-order valence-electron chi connectivity index (χ0n) is 11.8. The summed E-state index contributed by atoms with van der Waals surface area (Å²) in [5.74, 6) is -0.247. The Hall–Kier alpha value is -2.80. The molecule has 0 bridgehead atoms. The van der Waals surface area contributed by atoms with Crippen LogP contribution in [0.15, 0.2) is 48.8 Å². The number of rotatable bonds is 4. The molecule has 7 heteroatoms. The van der Waals surface area contributed by atoms with E-state index >= 15 is 0 Å². The summed E-state index contributed by atoms with van der Waals surface area (Å²) < 4.78 is 1.76. The fourth-order valence-corrected chi connectivity index (χ4v) is 2.41. The lowest BCUT2D eigenvalue weighted by atomic mass is 10.3. The molecular weight excluding hydrogens is 298 g/mol. The molecule has 0 spiro atoms. The predicted octanol–water partition coefficient (Wildman–Crippen LogP) is 2.68. The summed E-state index contributed by atoms with van der Waals surface area (Å²) in [6, 6.07) is 9.78. The normalized spacial score (nSPS) is 11.0. The summed E-state index contributed by atoms with van der Waals surface area (Å²) in [5, 5.41) is 15.9. The number of aromatic nitrogens is 4. The van der Waals surface area contributed by atoms with Gasteiger partial charge in [0.15, 0.2) is 0 Å². The molecule has 0 unspecified atom stereocenters. The van der Waals surface area contributed by atoms with E-state index in [2.05, 4.69) is 20.6 Å². The Morgan fingerprint density at radius 2 is 2.09 bits per heavy atom. The third-order valence-electron chi connectivity index (χ3n) is 2.81. The van der Waals surface area contributed by atoms with Crippen LogP contribution in [0.5, 0.6) is 0 Å². The van der Waals surface area contributed by atoms with Gasteiger partial charge < -0.3 is 0 Å². The Morgan fingerprint density at radius 3 is 2.82 bits per heavy atom. The van der Waals surface area contributed by atoms with Gasteiger partial charge in [-0.15, -0.1) is 10.2 Å². The quantitative estimate of drug-likeness (QED) is 0.752. The van der Waals surface area contributed by atoms with Crippen LogP contribution in [0.3, 0.4) is 0 Å². The van der Waals surface area contributed by atoms with Gasteiger partial charge in [0.2, 0.25) is 11.0 Å². The first kappa shape index (κ1) is 14.2. The summed E-state index contributed by atoms with van der Waals surface area (Å²) in [6.45, 7) is 1.83. The van der Waals surface area contributed by atoms with E-state index in [0.717, 1.165) is 16.3 Å². The van der Waals surface area contributed by atoms with Crippen molar-refractivity contribution in [1.82, 2.24) is 20.0 Å². The molecule has 0 aliphatic heterocycles. The van der Waals surface area contributed by atoms with Crippen molar-refractivity contribution in [1.29, 1.82) is 0 Å². The molecule has 0 radical (unpaired) electrons. The number of para-hydroxylation sites is 1. The highest BCUT2D eigenvalue weighted by atomic mass is 32.1. The first-order valence-corrected chi connectivity index (χ1v) is 7.41. The van der Waals surface area contributed by atoms with Gasteiger partial charge in [0, 0.05) is 17.8 Å². The van der Waals surface area contributed by atoms with E-state index in [0.29, 0.717) is 5.13 Å². The largest absolute Gasteiger partial charge is 0.297 e. The van der Waals surface area contributed by atoms with Gasteiger partial charge in [0.05, 0.1) is 11.9 Å². The van der Waals surface area contributed by atoms with Gasteiger partial charge in [0.25, 0.3) is 0 Å². The smallest absolute Gasteiger partial charge is 0.250 e. The number of hydrogen-bond donors (Lipinski definition) is 1. The molecule has 3 rings (SSSR count). The van der Waals surface area contributed by atoms with Crippen molar-refractivity contribution in [3.8, 4) is 5.69 Å². The zero-order chi connectivity index (χ0) is 15.4. The van der Waals surface area contributed by atoms with Gasteiger partial charge >= 0.3 is 0 Å². The van der Waals surface area contributed by atoms with E-state index in [1.807, 2.05) is 43.5 Å². The van der Waals surface area contributed by atoms with Crippen molar-refractivity contribution < 1.29 is 4.79 Å². The molecule has 0 fully saturated rings. The number of aryl methyl sites for hydroxylation is 1. The molecule has 0 atom stereocenters. The van der Waals surface area contributed by atoms with Crippen molar-refractivity contribution in [2.45, 2.75) is 6.92 Å². The van der Waals surface area contributed by atoms with Crippen molar-refractivity contribution in [2.24, 2.45) is 0 Å². The average Bonchev–Trinajstić information content (AvgIpc) is 3.15. The molecule has 0 saturated heterocycles. The minimum Gasteiger partial charge on any atom is -0.297 e. The van der Waals surface area contributed by atoms with E-state index in [1.165, 1.54) is 17.4 Å². The monoisotopic (exact) mass is 311 g/mol. The molecule has 110 valence electrons. The van der Waals surface area contributed by atoms with Crippen molar-refractivity contribution in [2.75, 3.05) is 5.32 Å². The molecule has 6 nitrogen and oxygen atoms in total. The minimum absolute atomic E-state index is 0.247. The molecule has 2 aromatic heterocycles.